The van der Waals surface area contributed by atoms with Gasteiger partial charge in [0.05, 0.1) is 6.04 Å². The molecule has 190 valence electrons. The highest BCUT2D eigenvalue weighted by atomic mass is 32.2. The van der Waals surface area contributed by atoms with Crippen molar-refractivity contribution in [2.45, 2.75) is 31.3 Å². The third-order valence-corrected chi connectivity index (χ3v) is 9.10. The van der Waals surface area contributed by atoms with Gasteiger partial charge in [0.15, 0.2) is 5.82 Å². The van der Waals surface area contributed by atoms with E-state index in [0.29, 0.717) is 29.5 Å². The summed E-state index contributed by atoms with van der Waals surface area (Å²) in [7, 11) is -1.62. The fourth-order valence-electron chi connectivity index (χ4n) is 4.42. The summed E-state index contributed by atoms with van der Waals surface area (Å²) in [5, 5.41) is 10.9. The van der Waals surface area contributed by atoms with Gasteiger partial charge in [0.25, 0.3) is 0 Å². The summed E-state index contributed by atoms with van der Waals surface area (Å²) in [5.74, 6) is 1.16. The fraction of sp³-hybridized carbons (Fsp3) is 0.360. The van der Waals surface area contributed by atoms with Crippen molar-refractivity contribution in [2.24, 2.45) is 0 Å². The van der Waals surface area contributed by atoms with E-state index in [9.17, 15) is 8.42 Å². The molecule has 1 aliphatic rings. The van der Waals surface area contributed by atoms with Crippen LogP contribution in [0.1, 0.15) is 25.7 Å². The van der Waals surface area contributed by atoms with Crippen molar-refractivity contribution in [3.8, 4) is 11.8 Å². The zero-order valence-electron chi connectivity index (χ0n) is 20.6. The lowest BCUT2D eigenvalue weighted by atomic mass is 10.2. The van der Waals surface area contributed by atoms with Gasteiger partial charge in [-0.3, -0.25) is 4.57 Å². The number of ether oxygens (including phenoxy) is 1. The predicted molar refractivity (Wildman–Crippen MR) is 142 cm³/mol. The number of hydrogen-bond donors (Lipinski definition) is 1. The molecule has 1 N–H and O–H groups in total. The normalized spacial score (nSPS) is 15.9. The van der Waals surface area contributed by atoms with E-state index in [4.69, 9.17) is 4.74 Å². The van der Waals surface area contributed by atoms with Gasteiger partial charge >= 0.3 is 6.01 Å². The van der Waals surface area contributed by atoms with E-state index in [1.165, 1.54) is 11.3 Å². The van der Waals surface area contributed by atoms with E-state index in [-0.39, 0.29) is 4.90 Å². The van der Waals surface area contributed by atoms with E-state index < -0.39 is 16.1 Å². The number of likely N-dealkylation sites (N-methyl/N-ethyl adjacent to an activating group) is 1. The summed E-state index contributed by atoms with van der Waals surface area (Å²) < 4.78 is 38.0. The van der Waals surface area contributed by atoms with Crippen molar-refractivity contribution in [2.75, 3.05) is 38.1 Å². The molecule has 1 saturated heterocycles. The number of hydrogen-bond acceptors (Lipinski definition) is 8. The Morgan fingerprint density at radius 2 is 1.86 bits per heavy atom. The highest BCUT2D eigenvalue weighted by Gasteiger charge is 2.26. The number of nitrogens with one attached hydrogen (secondary N) is 1. The standard InChI is InChI=1S/C25H30N6O3S2/c1-4-31-24(18(2)28-36(32,33)23-17-35-22-11-6-5-10-21(22)23)26-27-25(31)34-20-9-7-8-19(16-20)30-14-12-29(3)13-15-30/h5-11,16-18,28H,4,12-15H2,1-3H3/t18-/m1/s1. The van der Waals surface area contributed by atoms with Crippen LogP contribution >= 0.6 is 11.3 Å². The first kappa shape index (κ1) is 24.7. The average Bonchev–Trinajstić information content (AvgIpc) is 3.49. The van der Waals surface area contributed by atoms with Gasteiger partial charge < -0.3 is 14.5 Å². The maximum Gasteiger partial charge on any atom is 0.322 e. The number of anilines is 1. The van der Waals surface area contributed by atoms with Crippen molar-refractivity contribution in [3.05, 3.63) is 59.7 Å². The Hall–Kier alpha value is -2.99. The van der Waals surface area contributed by atoms with E-state index in [0.717, 1.165) is 36.6 Å². The molecule has 1 aliphatic heterocycles. The minimum Gasteiger partial charge on any atom is -0.424 e. The summed E-state index contributed by atoms with van der Waals surface area (Å²) in [6.07, 6.45) is 0. The van der Waals surface area contributed by atoms with Crippen LogP contribution < -0.4 is 14.4 Å². The molecule has 0 bridgehead atoms. The highest BCUT2D eigenvalue weighted by molar-refractivity contribution is 7.90. The molecule has 2 aromatic heterocycles. The maximum atomic E-state index is 13.2. The van der Waals surface area contributed by atoms with Crippen LogP contribution in [0.3, 0.4) is 0 Å². The van der Waals surface area contributed by atoms with E-state index in [1.807, 2.05) is 49.4 Å². The Morgan fingerprint density at radius 3 is 2.64 bits per heavy atom. The van der Waals surface area contributed by atoms with Gasteiger partial charge in [-0.1, -0.05) is 29.4 Å². The van der Waals surface area contributed by atoms with Crippen LogP contribution in [0.4, 0.5) is 5.69 Å². The summed E-state index contributed by atoms with van der Waals surface area (Å²) >= 11 is 1.41. The monoisotopic (exact) mass is 526 g/mol. The minimum atomic E-state index is -3.76. The molecule has 0 radical (unpaired) electrons. The molecule has 5 rings (SSSR count). The average molecular weight is 527 g/mol. The summed E-state index contributed by atoms with van der Waals surface area (Å²) in [5.41, 5.74) is 1.10. The molecular weight excluding hydrogens is 496 g/mol. The number of sulfonamides is 1. The molecule has 0 amide bonds. The van der Waals surface area contributed by atoms with Gasteiger partial charge in [-0.05, 0) is 39.1 Å². The molecular formula is C25H30N6O3S2. The van der Waals surface area contributed by atoms with Crippen LogP contribution in [-0.2, 0) is 16.6 Å². The van der Waals surface area contributed by atoms with Gasteiger partial charge in [-0.2, -0.15) is 0 Å². The SMILES string of the molecule is CCn1c(Oc2cccc(N3CCN(C)CC3)c2)nnc1[C@@H](C)NS(=O)(=O)c1csc2ccccc12. The quantitative estimate of drug-likeness (QED) is 0.370. The summed E-state index contributed by atoms with van der Waals surface area (Å²) in [6.45, 7) is 8.22. The molecule has 0 spiro atoms. The molecule has 1 fully saturated rings. The highest BCUT2D eigenvalue weighted by Crippen LogP contribution is 2.31. The molecule has 0 saturated carbocycles. The zero-order chi connectivity index (χ0) is 25.3. The smallest absolute Gasteiger partial charge is 0.322 e. The fourth-order valence-corrected chi connectivity index (χ4v) is 7.12. The van der Waals surface area contributed by atoms with Gasteiger partial charge in [-0.25, -0.2) is 13.1 Å². The number of benzene rings is 2. The lowest BCUT2D eigenvalue weighted by molar-refractivity contribution is 0.312. The molecule has 2 aromatic carbocycles. The second kappa shape index (κ2) is 10.2. The Morgan fingerprint density at radius 1 is 1.08 bits per heavy atom. The third-order valence-electron chi connectivity index (χ3n) is 6.41. The van der Waals surface area contributed by atoms with Crippen LogP contribution in [0.2, 0.25) is 0 Å². The molecule has 0 aliphatic carbocycles. The van der Waals surface area contributed by atoms with Crippen molar-refractivity contribution in [3.63, 3.8) is 0 Å². The Bertz CT molecular complexity index is 1460. The molecule has 1 atom stereocenters. The molecule has 0 unspecified atom stereocenters. The van der Waals surface area contributed by atoms with Crippen molar-refractivity contribution < 1.29 is 13.2 Å². The molecule has 11 heteroatoms. The van der Waals surface area contributed by atoms with Crippen LogP contribution in [0.15, 0.2) is 58.8 Å². The van der Waals surface area contributed by atoms with E-state index >= 15 is 0 Å². The number of aromatic nitrogens is 3. The predicted octanol–water partition coefficient (Wildman–Crippen LogP) is 4.10. The van der Waals surface area contributed by atoms with Crippen molar-refractivity contribution in [1.82, 2.24) is 24.4 Å². The molecule has 3 heterocycles. The first-order valence-electron chi connectivity index (χ1n) is 12.0. The van der Waals surface area contributed by atoms with Crippen LogP contribution in [-0.4, -0.2) is 61.3 Å². The second-order valence-corrected chi connectivity index (χ2v) is 11.5. The largest absolute Gasteiger partial charge is 0.424 e. The van der Waals surface area contributed by atoms with Crippen LogP contribution in [0, 0.1) is 0 Å². The Kier molecular flexibility index (Phi) is 6.98. The second-order valence-electron chi connectivity index (χ2n) is 8.91. The first-order valence-corrected chi connectivity index (χ1v) is 14.3. The van der Waals surface area contributed by atoms with Crippen molar-refractivity contribution in [1.29, 1.82) is 0 Å². The van der Waals surface area contributed by atoms with E-state index in [2.05, 4.69) is 37.8 Å². The van der Waals surface area contributed by atoms with Gasteiger partial charge in [0.2, 0.25) is 10.0 Å². The van der Waals surface area contributed by atoms with Crippen molar-refractivity contribution >= 4 is 37.1 Å². The molecule has 36 heavy (non-hydrogen) atoms. The summed E-state index contributed by atoms with van der Waals surface area (Å²) in [4.78, 5) is 4.93. The maximum absolute atomic E-state index is 13.2. The lowest BCUT2D eigenvalue weighted by Gasteiger charge is -2.34. The topological polar surface area (TPSA) is 92.6 Å². The minimum absolute atomic E-state index is 0.273. The van der Waals surface area contributed by atoms with Crippen LogP contribution in [0.25, 0.3) is 10.1 Å². The Balaban J connectivity index is 1.34. The van der Waals surface area contributed by atoms with Gasteiger partial charge in [0.1, 0.15) is 10.6 Å². The van der Waals surface area contributed by atoms with Gasteiger partial charge in [0, 0.05) is 59.9 Å². The van der Waals surface area contributed by atoms with Gasteiger partial charge in [-0.15, -0.1) is 16.4 Å². The zero-order valence-corrected chi connectivity index (χ0v) is 22.2. The Labute approximate surface area is 215 Å². The number of thiophene rings is 1. The number of piperazine rings is 1. The molecule has 4 aromatic rings. The summed E-state index contributed by atoms with van der Waals surface area (Å²) in [6, 6.07) is 15.2. The van der Waals surface area contributed by atoms with Crippen LogP contribution in [0.5, 0.6) is 11.8 Å². The first-order chi connectivity index (χ1) is 17.4. The lowest BCUT2D eigenvalue weighted by Crippen LogP contribution is -2.44. The molecule has 9 nitrogen and oxygen atoms in total. The number of nitrogens with zero attached hydrogens (tertiary/aromatic N) is 5. The van der Waals surface area contributed by atoms with E-state index in [1.54, 1.807) is 16.9 Å². The number of rotatable bonds is 8. The third kappa shape index (κ3) is 4.96. The number of fused-ring (bicyclic) bond motifs is 1.